The van der Waals surface area contributed by atoms with E-state index < -0.39 is 10.9 Å². The summed E-state index contributed by atoms with van der Waals surface area (Å²) in [6, 6.07) is 4.41. The molecule has 0 saturated carbocycles. The Morgan fingerprint density at radius 1 is 1.63 bits per heavy atom. The molecule has 0 aliphatic heterocycles. The Morgan fingerprint density at radius 3 is 2.84 bits per heavy atom. The third kappa shape index (κ3) is 3.85. The van der Waals surface area contributed by atoms with E-state index in [4.69, 9.17) is 11.5 Å². The zero-order valence-corrected chi connectivity index (χ0v) is 10.2. The Morgan fingerprint density at radius 2 is 2.32 bits per heavy atom. The highest BCUT2D eigenvalue weighted by Gasteiger charge is 2.13. The second-order valence-corrected chi connectivity index (χ2v) is 3.73. The molecule has 98 valence electrons. The number of carboxylic acids is 1. The molecule has 19 heavy (non-hydrogen) atoms. The number of rotatable bonds is 5. The molecule has 1 aromatic carbocycles. The maximum Gasteiger partial charge on any atom is 0.328 e. The maximum absolute atomic E-state index is 10.9. The Hall–Kier alpha value is -2.81. The van der Waals surface area contributed by atoms with Crippen LogP contribution in [-0.4, -0.2) is 29.6 Å². The number of anilines is 1. The van der Waals surface area contributed by atoms with E-state index in [0.29, 0.717) is 12.2 Å². The number of nitrogens with zero attached hydrogens (tertiary/aromatic N) is 2. The van der Waals surface area contributed by atoms with Crippen molar-refractivity contribution in [3.05, 3.63) is 40.0 Å². The van der Waals surface area contributed by atoms with E-state index in [1.54, 1.807) is 18.0 Å². The van der Waals surface area contributed by atoms with Crippen molar-refractivity contribution >= 4 is 23.4 Å². The number of hydrogen-bond donors (Lipinski definition) is 1. The van der Waals surface area contributed by atoms with Crippen LogP contribution >= 0.6 is 0 Å². The average Bonchev–Trinajstić information content (AvgIpc) is 2.36. The standard InChI is InChI=1S/C13H12N2O4/c1-3-8-14(2)11-5-6-12(15(18)19)10(9-11)4-7-13(16)17/h1,4-7,9H,8H2,2H3,(H,16,17)/b7-4+. The van der Waals surface area contributed by atoms with Crippen LogP contribution in [0.5, 0.6) is 0 Å². The van der Waals surface area contributed by atoms with E-state index in [1.807, 2.05) is 0 Å². The summed E-state index contributed by atoms with van der Waals surface area (Å²) in [6.07, 6.45) is 7.23. The highest BCUT2D eigenvalue weighted by molar-refractivity contribution is 5.86. The summed E-state index contributed by atoms with van der Waals surface area (Å²) in [5.74, 6) is 1.28. The van der Waals surface area contributed by atoms with E-state index >= 15 is 0 Å². The van der Waals surface area contributed by atoms with Gasteiger partial charge in [-0.25, -0.2) is 4.79 Å². The van der Waals surface area contributed by atoms with Gasteiger partial charge in [0.1, 0.15) is 0 Å². The molecule has 0 amide bonds. The topological polar surface area (TPSA) is 83.7 Å². The Labute approximate surface area is 110 Å². The van der Waals surface area contributed by atoms with Crippen LogP contribution in [-0.2, 0) is 4.79 Å². The smallest absolute Gasteiger partial charge is 0.328 e. The third-order valence-corrected chi connectivity index (χ3v) is 2.38. The van der Waals surface area contributed by atoms with Crippen LogP contribution in [0.15, 0.2) is 24.3 Å². The van der Waals surface area contributed by atoms with Crippen LogP contribution in [0.4, 0.5) is 11.4 Å². The minimum Gasteiger partial charge on any atom is -0.478 e. The molecular weight excluding hydrogens is 248 g/mol. The van der Waals surface area contributed by atoms with Crippen LogP contribution in [0.3, 0.4) is 0 Å². The maximum atomic E-state index is 10.9. The number of aliphatic carboxylic acids is 1. The van der Waals surface area contributed by atoms with E-state index in [2.05, 4.69) is 5.92 Å². The molecule has 6 heteroatoms. The van der Waals surface area contributed by atoms with E-state index in [0.717, 1.165) is 6.08 Å². The van der Waals surface area contributed by atoms with Crippen molar-refractivity contribution in [1.29, 1.82) is 0 Å². The van der Waals surface area contributed by atoms with Crippen molar-refractivity contribution < 1.29 is 14.8 Å². The fourth-order valence-electron chi connectivity index (χ4n) is 1.47. The fraction of sp³-hybridized carbons (Fsp3) is 0.154. The molecule has 0 aromatic heterocycles. The van der Waals surface area contributed by atoms with Crippen molar-refractivity contribution in [2.24, 2.45) is 0 Å². The molecular formula is C13H12N2O4. The lowest BCUT2D eigenvalue weighted by atomic mass is 10.1. The quantitative estimate of drug-likeness (QED) is 0.377. The summed E-state index contributed by atoms with van der Waals surface area (Å²) in [5, 5.41) is 19.4. The van der Waals surface area contributed by atoms with Crippen molar-refractivity contribution in [2.75, 3.05) is 18.5 Å². The van der Waals surface area contributed by atoms with E-state index in [9.17, 15) is 14.9 Å². The van der Waals surface area contributed by atoms with Crippen molar-refractivity contribution in [3.8, 4) is 12.3 Å². The molecule has 1 aromatic rings. The first-order chi connectivity index (χ1) is 8.95. The first-order valence-electron chi connectivity index (χ1n) is 5.29. The molecule has 0 spiro atoms. The molecule has 6 nitrogen and oxygen atoms in total. The van der Waals surface area contributed by atoms with Gasteiger partial charge in [-0.3, -0.25) is 10.1 Å². The van der Waals surface area contributed by atoms with Gasteiger partial charge < -0.3 is 10.0 Å². The largest absolute Gasteiger partial charge is 0.478 e. The summed E-state index contributed by atoms with van der Waals surface area (Å²) < 4.78 is 0. The number of hydrogen-bond acceptors (Lipinski definition) is 4. The molecule has 0 heterocycles. The predicted octanol–water partition coefficient (Wildman–Crippen LogP) is 1.76. The van der Waals surface area contributed by atoms with Gasteiger partial charge in [0, 0.05) is 24.9 Å². The number of benzene rings is 1. The van der Waals surface area contributed by atoms with Gasteiger partial charge in [-0.1, -0.05) is 5.92 Å². The Balaban J connectivity index is 3.22. The van der Waals surface area contributed by atoms with Gasteiger partial charge in [-0.2, -0.15) is 0 Å². The van der Waals surface area contributed by atoms with Crippen LogP contribution < -0.4 is 4.90 Å². The summed E-state index contributed by atoms with van der Waals surface area (Å²) in [4.78, 5) is 22.5. The van der Waals surface area contributed by atoms with Gasteiger partial charge in [0.15, 0.2) is 0 Å². The number of carbonyl (C=O) groups is 1. The summed E-state index contributed by atoms with van der Waals surface area (Å²) in [6.45, 7) is 0.347. The van der Waals surface area contributed by atoms with Crippen molar-refractivity contribution in [3.63, 3.8) is 0 Å². The van der Waals surface area contributed by atoms with Crippen LogP contribution in [0, 0.1) is 22.5 Å². The monoisotopic (exact) mass is 260 g/mol. The van der Waals surface area contributed by atoms with Crippen LogP contribution in [0.25, 0.3) is 6.08 Å². The van der Waals surface area contributed by atoms with Gasteiger partial charge in [-0.05, 0) is 18.2 Å². The van der Waals surface area contributed by atoms with Gasteiger partial charge in [0.25, 0.3) is 5.69 Å². The summed E-state index contributed by atoms with van der Waals surface area (Å²) in [7, 11) is 1.74. The predicted molar refractivity (Wildman–Crippen MR) is 71.9 cm³/mol. The highest BCUT2D eigenvalue weighted by atomic mass is 16.6. The zero-order chi connectivity index (χ0) is 14.4. The number of terminal acetylenes is 1. The minimum absolute atomic E-state index is 0.157. The molecule has 1 rings (SSSR count). The molecule has 0 saturated heterocycles. The number of carboxylic acid groups (broad SMARTS) is 1. The van der Waals surface area contributed by atoms with Crippen molar-refractivity contribution in [1.82, 2.24) is 0 Å². The van der Waals surface area contributed by atoms with Crippen molar-refractivity contribution in [2.45, 2.75) is 0 Å². The molecule has 0 bridgehead atoms. The molecule has 0 fully saturated rings. The summed E-state index contributed by atoms with van der Waals surface area (Å²) in [5.41, 5.74) is 0.734. The normalized spacial score (nSPS) is 10.1. The van der Waals surface area contributed by atoms with Gasteiger partial charge in [-0.15, -0.1) is 6.42 Å². The lowest BCUT2D eigenvalue weighted by molar-refractivity contribution is -0.385. The highest BCUT2D eigenvalue weighted by Crippen LogP contribution is 2.25. The first-order valence-corrected chi connectivity index (χ1v) is 5.29. The minimum atomic E-state index is -1.17. The second kappa shape index (κ2) is 6.21. The lowest BCUT2D eigenvalue weighted by Crippen LogP contribution is -2.17. The summed E-state index contributed by atoms with van der Waals surface area (Å²) >= 11 is 0. The fourth-order valence-corrected chi connectivity index (χ4v) is 1.47. The molecule has 1 N–H and O–H groups in total. The van der Waals surface area contributed by atoms with Gasteiger partial charge >= 0.3 is 5.97 Å². The Bertz CT molecular complexity index is 572. The Kier molecular flexibility index (Phi) is 4.66. The van der Waals surface area contributed by atoms with Gasteiger partial charge in [0.05, 0.1) is 17.0 Å². The molecule has 0 unspecified atom stereocenters. The zero-order valence-electron chi connectivity index (χ0n) is 10.2. The second-order valence-electron chi connectivity index (χ2n) is 3.73. The van der Waals surface area contributed by atoms with Crippen LogP contribution in [0.1, 0.15) is 5.56 Å². The van der Waals surface area contributed by atoms with E-state index in [1.165, 1.54) is 18.2 Å². The molecule has 0 aliphatic rings. The first kappa shape index (κ1) is 14.3. The SMILES string of the molecule is C#CCN(C)c1ccc([N+](=O)[O-])c(/C=C/C(=O)O)c1. The van der Waals surface area contributed by atoms with Gasteiger partial charge in [0.2, 0.25) is 0 Å². The average molecular weight is 260 g/mol. The third-order valence-electron chi connectivity index (χ3n) is 2.38. The lowest BCUT2D eigenvalue weighted by Gasteiger charge is -2.16. The molecule has 0 aliphatic carbocycles. The van der Waals surface area contributed by atoms with Crippen LogP contribution in [0.2, 0.25) is 0 Å². The molecule has 0 atom stereocenters. The van der Waals surface area contributed by atoms with E-state index in [-0.39, 0.29) is 11.3 Å². The molecule has 0 radical (unpaired) electrons. The number of nitro groups is 1. The number of nitro benzene ring substituents is 1.